The second-order valence-electron chi connectivity index (χ2n) is 6.45. The maximum absolute atomic E-state index is 12.6. The number of carbonyl (C=O) groups excluding carboxylic acids is 1. The van der Waals surface area contributed by atoms with Crippen LogP contribution < -0.4 is 4.90 Å². The first-order valence-electron chi connectivity index (χ1n) is 8.74. The fraction of sp³-hybridized carbons (Fsp3) is 0.400. The van der Waals surface area contributed by atoms with E-state index in [0.29, 0.717) is 5.69 Å². The van der Waals surface area contributed by atoms with E-state index in [4.69, 9.17) is 0 Å². The first-order chi connectivity index (χ1) is 11.7. The molecule has 0 unspecified atom stereocenters. The summed E-state index contributed by atoms with van der Waals surface area (Å²) in [6, 6.07) is 14.2. The molecular weight excluding hydrogens is 298 g/mol. The molecule has 1 fully saturated rings. The number of aromatic nitrogens is 1. The number of likely N-dealkylation sites (tertiary alicyclic amines) is 1. The third-order valence-corrected chi connectivity index (χ3v) is 4.56. The molecule has 1 amide bonds. The van der Waals surface area contributed by atoms with Crippen molar-refractivity contribution in [3.05, 3.63) is 59.9 Å². The zero-order chi connectivity index (χ0) is 16.8. The number of pyridine rings is 1. The van der Waals surface area contributed by atoms with Crippen LogP contribution in [0.15, 0.2) is 48.7 Å². The van der Waals surface area contributed by atoms with Crippen molar-refractivity contribution in [2.24, 2.45) is 0 Å². The van der Waals surface area contributed by atoms with Gasteiger partial charge < -0.3 is 9.80 Å². The Balaban J connectivity index is 1.65. The molecule has 4 nitrogen and oxygen atoms in total. The van der Waals surface area contributed by atoms with Crippen molar-refractivity contribution >= 4 is 11.6 Å². The molecule has 4 heteroatoms. The monoisotopic (exact) mass is 323 g/mol. The molecule has 3 rings (SSSR count). The van der Waals surface area contributed by atoms with Crippen LogP contribution in [0.25, 0.3) is 0 Å². The summed E-state index contributed by atoms with van der Waals surface area (Å²) in [5.74, 6) is 0.0640. The summed E-state index contributed by atoms with van der Waals surface area (Å²) in [4.78, 5) is 21.1. The zero-order valence-electron chi connectivity index (χ0n) is 14.3. The van der Waals surface area contributed by atoms with Crippen molar-refractivity contribution < 1.29 is 4.79 Å². The Morgan fingerprint density at radius 1 is 1.04 bits per heavy atom. The molecule has 1 saturated heterocycles. The van der Waals surface area contributed by atoms with Crippen molar-refractivity contribution in [2.75, 3.05) is 25.0 Å². The van der Waals surface area contributed by atoms with E-state index in [1.807, 2.05) is 42.3 Å². The lowest BCUT2D eigenvalue weighted by molar-refractivity contribution is 0.0756. The van der Waals surface area contributed by atoms with Gasteiger partial charge in [-0.15, -0.1) is 0 Å². The number of hydrogen-bond donors (Lipinski definition) is 0. The van der Waals surface area contributed by atoms with Crippen LogP contribution in [-0.2, 0) is 6.54 Å². The van der Waals surface area contributed by atoms with E-state index in [2.05, 4.69) is 22.0 Å². The van der Waals surface area contributed by atoms with Crippen molar-refractivity contribution in [3.8, 4) is 0 Å². The molecule has 2 heterocycles. The Morgan fingerprint density at radius 2 is 1.75 bits per heavy atom. The lowest BCUT2D eigenvalue weighted by Gasteiger charge is -2.21. The molecule has 1 aliphatic heterocycles. The summed E-state index contributed by atoms with van der Waals surface area (Å²) in [5.41, 5.74) is 2.82. The third-order valence-electron chi connectivity index (χ3n) is 4.56. The van der Waals surface area contributed by atoms with Crippen LogP contribution in [0.4, 0.5) is 5.69 Å². The van der Waals surface area contributed by atoms with Gasteiger partial charge in [0.25, 0.3) is 5.91 Å². The van der Waals surface area contributed by atoms with Gasteiger partial charge in [-0.25, -0.2) is 4.98 Å². The van der Waals surface area contributed by atoms with Crippen molar-refractivity contribution in [1.82, 2.24) is 9.88 Å². The highest BCUT2D eigenvalue weighted by molar-refractivity contribution is 5.92. The van der Waals surface area contributed by atoms with Gasteiger partial charge in [0.15, 0.2) is 0 Å². The Bertz CT molecular complexity index is 646. The summed E-state index contributed by atoms with van der Waals surface area (Å²) < 4.78 is 0. The van der Waals surface area contributed by atoms with Crippen molar-refractivity contribution in [2.45, 2.75) is 32.2 Å². The predicted molar refractivity (Wildman–Crippen MR) is 97.2 cm³/mol. The fourth-order valence-electron chi connectivity index (χ4n) is 3.12. The van der Waals surface area contributed by atoms with E-state index in [-0.39, 0.29) is 5.91 Å². The first-order valence-corrected chi connectivity index (χ1v) is 8.74. The van der Waals surface area contributed by atoms with Crippen LogP contribution in [0.2, 0.25) is 0 Å². The van der Waals surface area contributed by atoms with Crippen LogP contribution >= 0.6 is 0 Å². The van der Waals surface area contributed by atoms with Crippen molar-refractivity contribution in [3.63, 3.8) is 0 Å². The van der Waals surface area contributed by atoms with E-state index in [1.165, 1.54) is 18.4 Å². The summed E-state index contributed by atoms with van der Waals surface area (Å²) in [7, 11) is 2.04. The number of anilines is 1. The smallest absolute Gasteiger partial charge is 0.272 e. The van der Waals surface area contributed by atoms with Gasteiger partial charge >= 0.3 is 0 Å². The van der Waals surface area contributed by atoms with Gasteiger partial charge in [0.2, 0.25) is 0 Å². The molecule has 0 spiro atoms. The van der Waals surface area contributed by atoms with Crippen LogP contribution in [-0.4, -0.2) is 35.9 Å². The first kappa shape index (κ1) is 16.5. The van der Waals surface area contributed by atoms with Crippen LogP contribution in [0, 0.1) is 0 Å². The van der Waals surface area contributed by atoms with Gasteiger partial charge in [0.1, 0.15) is 5.69 Å². The van der Waals surface area contributed by atoms with Gasteiger partial charge in [-0.2, -0.15) is 0 Å². The van der Waals surface area contributed by atoms with Gasteiger partial charge in [0.05, 0.1) is 11.9 Å². The average molecular weight is 323 g/mol. The molecule has 0 N–H and O–H groups in total. The third kappa shape index (κ3) is 4.13. The van der Waals surface area contributed by atoms with Crippen LogP contribution in [0.1, 0.15) is 41.7 Å². The summed E-state index contributed by atoms with van der Waals surface area (Å²) in [6.45, 7) is 2.54. The minimum Gasteiger partial charge on any atom is -0.369 e. The summed E-state index contributed by atoms with van der Waals surface area (Å²) in [5, 5.41) is 0. The second-order valence-corrected chi connectivity index (χ2v) is 6.45. The largest absolute Gasteiger partial charge is 0.369 e. The van der Waals surface area contributed by atoms with E-state index < -0.39 is 0 Å². The highest BCUT2D eigenvalue weighted by atomic mass is 16.2. The minimum atomic E-state index is 0.0640. The Kier molecular flexibility index (Phi) is 5.47. The van der Waals surface area contributed by atoms with Gasteiger partial charge in [-0.3, -0.25) is 4.79 Å². The quantitative estimate of drug-likeness (QED) is 0.860. The average Bonchev–Trinajstić information content (AvgIpc) is 2.91. The highest BCUT2D eigenvalue weighted by Gasteiger charge is 2.18. The van der Waals surface area contributed by atoms with E-state index in [1.54, 1.807) is 6.20 Å². The Hall–Kier alpha value is -2.36. The normalized spacial score (nSPS) is 15.0. The van der Waals surface area contributed by atoms with Gasteiger partial charge in [-0.05, 0) is 30.5 Å². The lowest BCUT2D eigenvalue weighted by Crippen LogP contribution is -2.32. The number of benzene rings is 1. The number of rotatable bonds is 4. The number of hydrogen-bond acceptors (Lipinski definition) is 3. The molecule has 0 aliphatic carbocycles. The SMILES string of the molecule is CN(Cc1ccccc1)c1ccc(C(=O)N2CCCCCC2)nc1. The molecular formula is C20H25N3O. The standard InChI is InChI=1S/C20H25N3O/c1-22(16-17-9-5-4-6-10-17)18-11-12-19(21-15-18)20(24)23-13-7-2-3-8-14-23/h4-6,9-12,15H,2-3,7-8,13-14,16H2,1H3. The summed E-state index contributed by atoms with van der Waals surface area (Å²) in [6.07, 6.45) is 6.45. The number of amides is 1. The Morgan fingerprint density at radius 3 is 2.38 bits per heavy atom. The molecule has 1 aromatic carbocycles. The number of carbonyl (C=O) groups is 1. The van der Waals surface area contributed by atoms with Crippen molar-refractivity contribution in [1.29, 1.82) is 0 Å². The number of nitrogens with zero attached hydrogens (tertiary/aromatic N) is 3. The zero-order valence-corrected chi connectivity index (χ0v) is 14.3. The van der Waals surface area contributed by atoms with Gasteiger partial charge in [0, 0.05) is 26.7 Å². The Labute approximate surface area is 144 Å². The lowest BCUT2D eigenvalue weighted by atomic mass is 10.2. The maximum atomic E-state index is 12.6. The molecule has 0 saturated carbocycles. The molecule has 2 aromatic rings. The topological polar surface area (TPSA) is 36.4 Å². The maximum Gasteiger partial charge on any atom is 0.272 e. The van der Waals surface area contributed by atoms with Gasteiger partial charge in [-0.1, -0.05) is 43.2 Å². The molecule has 0 bridgehead atoms. The van der Waals surface area contributed by atoms with E-state index in [0.717, 1.165) is 38.2 Å². The molecule has 0 radical (unpaired) electrons. The fourth-order valence-corrected chi connectivity index (χ4v) is 3.12. The molecule has 1 aromatic heterocycles. The predicted octanol–water partition coefficient (Wildman–Crippen LogP) is 3.73. The van der Waals surface area contributed by atoms with E-state index >= 15 is 0 Å². The molecule has 126 valence electrons. The molecule has 1 aliphatic rings. The van der Waals surface area contributed by atoms with Crippen LogP contribution in [0.5, 0.6) is 0 Å². The minimum absolute atomic E-state index is 0.0640. The summed E-state index contributed by atoms with van der Waals surface area (Å²) >= 11 is 0. The molecule has 24 heavy (non-hydrogen) atoms. The molecule has 0 atom stereocenters. The van der Waals surface area contributed by atoms with Crippen LogP contribution in [0.3, 0.4) is 0 Å². The van der Waals surface area contributed by atoms with E-state index in [9.17, 15) is 4.79 Å². The highest BCUT2D eigenvalue weighted by Crippen LogP contribution is 2.17. The second kappa shape index (κ2) is 7.95.